The Balaban J connectivity index is 1.58. The minimum atomic E-state index is 0.0639. The van der Waals surface area contributed by atoms with Crippen molar-refractivity contribution in [1.82, 2.24) is 19.3 Å². The van der Waals surface area contributed by atoms with Crippen LogP contribution in [0.15, 0.2) is 36.8 Å². The highest BCUT2D eigenvalue weighted by Crippen LogP contribution is 2.31. The Morgan fingerprint density at radius 3 is 3.04 bits per heavy atom. The van der Waals surface area contributed by atoms with E-state index in [1.807, 2.05) is 27.8 Å². The third kappa shape index (κ3) is 2.94. The molecule has 24 heavy (non-hydrogen) atoms. The molecule has 1 saturated heterocycles. The Hall–Kier alpha value is -2.21. The van der Waals surface area contributed by atoms with Gasteiger partial charge < -0.3 is 4.90 Å². The van der Waals surface area contributed by atoms with Gasteiger partial charge in [-0.1, -0.05) is 0 Å². The quantitative estimate of drug-likeness (QED) is 0.734. The van der Waals surface area contributed by atoms with Gasteiger partial charge in [-0.2, -0.15) is 0 Å². The number of thiophene rings is 1. The Labute approximate surface area is 145 Å². The van der Waals surface area contributed by atoms with Crippen LogP contribution in [0.5, 0.6) is 0 Å². The minimum Gasteiger partial charge on any atom is -0.334 e. The summed E-state index contributed by atoms with van der Waals surface area (Å²) in [5.41, 5.74) is 0.948. The molecule has 0 saturated carbocycles. The number of aryl methyl sites for hydroxylation is 1. The summed E-state index contributed by atoms with van der Waals surface area (Å²) in [5, 5.41) is 0. The third-order valence-electron chi connectivity index (χ3n) is 4.57. The Bertz CT molecular complexity index is 869. The van der Waals surface area contributed by atoms with Crippen LogP contribution < -0.4 is 0 Å². The molecule has 0 aliphatic carbocycles. The van der Waals surface area contributed by atoms with Gasteiger partial charge in [0.1, 0.15) is 0 Å². The predicted octanol–water partition coefficient (Wildman–Crippen LogP) is 3.40. The molecular formula is C18H20N4OS. The number of likely N-dealkylation sites (tertiary alicyclic amines) is 1. The maximum absolute atomic E-state index is 12.9. The smallest absolute Gasteiger partial charge is 0.233 e. The summed E-state index contributed by atoms with van der Waals surface area (Å²) < 4.78 is 1.90. The molecule has 5 nitrogen and oxygen atoms in total. The number of nitrogens with zero attached hydrogens (tertiary/aromatic N) is 4. The average molecular weight is 340 g/mol. The molecule has 1 aliphatic heterocycles. The Morgan fingerprint density at radius 2 is 2.21 bits per heavy atom. The van der Waals surface area contributed by atoms with Gasteiger partial charge in [-0.15, -0.1) is 11.3 Å². The second-order valence-corrected chi connectivity index (χ2v) is 7.65. The van der Waals surface area contributed by atoms with Crippen molar-refractivity contribution >= 4 is 23.0 Å². The fourth-order valence-corrected chi connectivity index (χ4v) is 4.25. The zero-order chi connectivity index (χ0) is 16.5. The van der Waals surface area contributed by atoms with E-state index in [9.17, 15) is 4.79 Å². The molecule has 3 aromatic rings. The van der Waals surface area contributed by atoms with Gasteiger partial charge in [0.2, 0.25) is 11.7 Å². The number of amides is 1. The van der Waals surface area contributed by atoms with Crippen LogP contribution in [0.3, 0.4) is 0 Å². The zero-order valence-electron chi connectivity index (χ0n) is 13.7. The van der Waals surface area contributed by atoms with E-state index in [1.54, 1.807) is 17.5 Å². The number of fused-ring (bicyclic) bond motifs is 1. The lowest BCUT2D eigenvalue weighted by atomic mass is 9.98. The van der Waals surface area contributed by atoms with Crippen molar-refractivity contribution in [2.24, 2.45) is 0 Å². The van der Waals surface area contributed by atoms with E-state index in [0.717, 1.165) is 36.4 Å². The first kappa shape index (κ1) is 15.3. The maximum Gasteiger partial charge on any atom is 0.233 e. The standard InChI is InChI=1S/C18H20N4OS/c1-13-5-6-14(24-13)12-17(23)22-9-3-2-4-16(22)15-7-10-21-11-8-19-18(21)20-15/h5-8,10-11,16H,2-4,9,12H2,1H3/t16-/m0/s1. The van der Waals surface area contributed by atoms with E-state index >= 15 is 0 Å². The fraction of sp³-hybridized carbons (Fsp3) is 0.389. The maximum atomic E-state index is 12.9. The van der Waals surface area contributed by atoms with Crippen molar-refractivity contribution in [3.8, 4) is 0 Å². The highest BCUT2D eigenvalue weighted by atomic mass is 32.1. The summed E-state index contributed by atoms with van der Waals surface area (Å²) in [5.74, 6) is 0.894. The number of imidazole rings is 1. The van der Waals surface area contributed by atoms with Crippen LogP contribution in [0.1, 0.15) is 40.8 Å². The van der Waals surface area contributed by atoms with Crippen LogP contribution in [0, 0.1) is 6.92 Å². The number of rotatable bonds is 3. The van der Waals surface area contributed by atoms with Crippen LogP contribution in [0.25, 0.3) is 5.78 Å². The van der Waals surface area contributed by atoms with Crippen molar-refractivity contribution in [2.75, 3.05) is 6.54 Å². The third-order valence-corrected chi connectivity index (χ3v) is 5.57. The van der Waals surface area contributed by atoms with Crippen LogP contribution in [-0.4, -0.2) is 31.7 Å². The number of aromatic nitrogens is 3. The minimum absolute atomic E-state index is 0.0639. The monoisotopic (exact) mass is 340 g/mol. The molecule has 0 aromatic carbocycles. The summed E-state index contributed by atoms with van der Waals surface area (Å²) in [7, 11) is 0. The number of carbonyl (C=O) groups excluding carboxylic acids is 1. The van der Waals surface area contributed by atoms with Gasteiger partial charge in [-0.25, -0.2) is 9.97 Å². The molecule has 4 heterocycles. The van der Waals surface area contributed by atoms with Crippen molar-refractivity contribution in [1.29, 1.82) is 0 Å². The van der Waals surface area contributed by atoms with Gasteiger partial charge in [0.25, 0.3) is 0 Å². The highest BCUT2D eigenvalue weighted by Gasteiger charge is 2.29. The van der Waals surface area contributed by atoms with Gasteiger partial charge in [-0.05, 0) is 44.4 Å². The van der Waals surface area contributed by atoms with Crippen molar-refractivity contribution in [3.63, 3.8) is 0 Å². The number of hydrogen-bond donors (Lipinski definition) is 0. The van der Waals surface area contributed by atoms with Crippen molar-refractivity contribution in [2.45, 2.75) is 38.6 Å². The Morgan fingerprint density at radius 1 is 1.29 bits per heavy atom. The van der Waals surface area contributed by atoms with Crippen LogP contribution in [0.2, 0.25) is 0 Å². The van der Waals surface area contributed by atoms with Crippen LogP contribution in [-0.2, 0) is 11.2 Å². The molecule has 1 amide bonds. The van der Waals surface area contributed by atoms with E-state index in [4.69, 9.17) is 0 Å². The topological polar surface area (TPSA) is 50.5 Å². The normalized spacial score (nSPS) is 18.2. The summed E-state index contributed by atoms with van der Waals surface area (Å²) in [6.07, 6.45) is 9.26. The lowest BCUT2D eigenvalue weighted by molar-refractivity contribution is -0.134. The van der Waals surface area contributed by atoms with E-state index in [1.165, 1.54) is 4.88 Å². The zero-order valence-corrected chi connectivity index (χ0v) is 14.5. The lowest BCUT2D eigenvalue weighted by Crippen LogP contribution is -2.39. The van der Waals surface area contributed by atoms with Gasteiger partial charge in [0.05, 0.1) is 18.2 Å². The second kappa shape index (κ2) is 6.36. The molecule has 1 atom stereocenters. The van der Waals surface area contributed by atoms with E-state index in [0.29, 0.717) is 12.2 Å². The lowest BCUT2D eigenvalue weighted by Gasteiger charge is -2.35. The summed E-state index contributed by atoms with van der Waals surface area (Å²) in [6.45, 7) is 2.89. The summed E-state index contributed by atoms with van der Waals surface area (Å²) >= 11 is 1.70. The fourth-order valence-electron chi connectivity index (χ4n) is 3.37. The van der Waals surface area contributed by atoms with E-state index in [2.05, 4.69) is 29.0 Å². The van der Waals surface area contributed by atoms with Crippen molar-refractivity contribution in [3.05, 3.63) is 52.2 Å². The molecular weight excluding hydrogens is 320 g/mol. The van der Waals surface area contributed by atoms with Crippen molar-refractivity contribution < 1.29 is 4.79 Å². The molecule has 0 radical (unpaired) electrons. The first-order valence-electron chi connectivity index (χ1n) is 8.35. The molecule has 1 fully saturated rings. The Kier molecular flexibility index (Phi) is 4.06. The van der Waals surface area contributed by atoms with Gasteiger partial charge in [-0.3, -0.25) is 9.20 Å². The van der Waals surface area contributed by atoms with Crippen LogP contribution in [0.4, 0.5) is 0 Å². The molecule has 0 unspecified atom stereocenters. The van der Waals surface area contributed by atoms with Gasteiger partial charge in [0.15, 0.2) is 0 Å². The molecule has 1 aliphatic rings. The molecule has 3 aromatic heterocycles. The highest BCUT2D eigenvalue weighted by molar-refractivity contribution is 7.12. The molecule has 6 heteroatoms. The number of hydrogen-bond acceptors (Lipinski definition) is 4. The van der Waals surface area contributed by atoms with Gasteiger partial charge in [0, 0.05) is 34.9 Å². The molecule has 4 rings (SSSR count). The molecule has 0 spiro atoms. The molecule has 124 valence electrons. The summed E-state index contributed by atoms with van der Waals surface area (Å²) in [6, 6.07) is 6.22. The predicted molar refractivity (Wildman–Crippen MR) is 94.1 cm³/mol. The SMILES string of the molecule is Cc1ccc(CC(=O)N2CCCC[C@H]2c2ccn3ccnc3n2)s1. The largest absolute Gasteiger partial charge is 0.334 e. The first-order valence-corrected chi connectivity index (χ1v) is 9.17. The molecule has 0 bridgehead atoms. The first-order chi connectivity index (χ1) is 11.7. The summed E-state index contributed by atoms with van der Waals surface area (Å²) in [4.78, 5) is 26.2. The number of piperidine rings is 1. The second-order valence-electron chi connectivity index (χ2n) is 6.27. The molecule has 0 N–H and O–H groups in total. The van der Waals surface area contributed by atoms with E-state index < -0.39 is 0 Å². The van der Waals surface area contributed by atoms with Gasteiger partial charge >= 0.3 is 0 Å². The van der Waals surface area contributed by atoms with Crippen LogP contribution >= 0.6 is 11.3 Å². The number of carbonyl (C=O) groups is 1. The average Bonchev–Trinajstić information content (AvgIpc) is 3.22. The van der Waals surface area contributed by atoms with E-state index in [-0.39, 0.29) is 11.9 Å².